The summed E-state index contributed by atoms with van der Waals surface area (Å²) in [7, 11) is -3.93. The van der Waals surface area contributed by atoms with Crippen LogP contribution in [0, 0.1) is 24.2 Å². The summed E-state index contributed by atoms with van der Waals surface area (Å²) in [4.78, 5) is 31.3. The van der Waals surface area contributed by atoms with E-state index in [1.807, 2.05) is 4.90 Å². The van der Waals surface area contributed by atoms with Crippen molar-refractivity contribution in [3.63, 3.8) is 0 Å². The highest BCUT2D eigenvalue weighted by Gasteiger charge is 2.30. The van der Waals surface area contributed by atoms with Crippen molar-refractivity contribution in [3.05, 3.63) is 56.7 Å². The molecule has 1 N–H and O–H groups in total. The van der Waals surface area contributed by atoms with E-state index in [1.54, 1.807) is 20.8 Å². The lowest BCUT2D eigenvalue weighted by Crippen LogP contribution is -2.43. The first kappa shape index (κ1) is 27.7. The Labute approximate surface area is 220 Å². The summed E-state index contributed by atoms with van der Waals surface area (Å²) in [6.45, 7) is 5.92. The van der Waals surface area contributed by atoms with Crippen LogP contribution in [-0.4, -0.2) is 44.5 Å². The van der Waals surface area contributed by atoms with Gasteiger partial charge in [-0.1, -0.05) is 29.3 Å². The van der Waals surface area contributed by atoms with E-state index in [4.69, 9.17) is 27.9 Å². The topological polar surface area (TPSA) is 129 Å². The van der Waals surface area contributed by atoms with Gasteiger partial charge in [0.15, 0.2) is 0 Å². The Balaban J connectivity index is 1.65. The fourth-order valence-corrected chi connectivity index (χ4v) is 5.36. The molecule has 192 valence electrons. The van der Waals surface area contributed by atoms with Crippen LogP contribution in [0.5, 0.6) is 0 Å². The summed E-state index contributed by atoms with van der Waals surface area (Å²) in [5, 5.41) is 10.2. The lowest BCUT2D eigenvalue weighted by molar-refractivity contribution is -0.123. The zero-order valence-electron chi connectivity index (χ0n) is 20.0. The molecule has 1 aromatic heterocycles. The second-order valence-corrected chi connectivity index (χ2v) is 11.3. The molecule has 1 amide bonds. The molecule has 12 heteroatoms. The van der Waals surface area contributed by atoms with Gasteiger partial charge in [-0.3, -0.25) is 9.52 Å². The maximum Gasteiger partial charge on any atom is 0.340 e. The molecule has 0 unspecified atom stereocenters. The number of rotatable bonds is 7. The van der Waals surface area contributed by atoms with Crippen LogP contribution in [0.3, 0.4) is 0 Å². The smallest absolute Gasteiger partial charge is 0.340 e. The van der Waals surface area contributed by atoms with Crippen molar-refractivity contribution < 1.29 is 22.7 Å². The highest BCUT2D eigenvalue weighted by molar-refractivity contribution is 7.89. The van der Waals surface area contributed by atoms with E-state index < -0.39 is 33.6 Å². The maximum atomic E-state index is 12.7. The van der Waals surface area contributed by atoms with E-state index in [0.29, 0.717) is 48.0 Å². The summed E-state index contributed by atoms with van der Waals surface area (Å²) >= 11 is 11.8. The zero-order valence-corrected chi connectivity index (χ0v) is 22.4. The fraction of sp³-hybridized carbons (Fsp3) is 0.417. The number of aromatic nitrogens is 1. The zero-order chi connectivity index (χ0) is 26.6. The second-order valence-electron chi connectivity index (χ2n) is 8.79. The van der Waals surface area contributed by atoms with E-state index in [9.17, 15) is 23.3 Å². The number of pyridine rings is 1. The number of aryl methyl sites for hydroxylation is 1. The van der Waals surface area contributed by atoms with E-state index in [1.165, 1.54) is 24.3 Å². The largest absolute Gasteiger partial charge is 0.459 e. The average Bonchev–Trinajstić information content (AvgIpc) is 2.80. The molecule has 1 fully saturated rings. The number of hydrogen-bond donors (Lipinski definition) is 1. The molecule has 9 nitrogen and oxygen atoms in total. The number of carbonyl (C=O) groups excluding carboxylic acids is 2. The standard InChI is InChI=1S/C24H26Cl2N4O5S/c1-14(2)35-24(32)19-11-18(12-27)22(28-15(19)3)30-8-6-17(7-9-30)23(31)29-36(33,34)13-16-4-5-20(25)21(26)10-16/h4-5,10-11,14,17H,6-9,13H2,1-3H3,(H,29,31). The molecule has 36 heavy (non-hydrogen) atoms. The number of carbonyl (C=O) groups is 2. The number of esters is 1. The first-order valence-corrected chi connectivity index (χ1v) is 13.7. The highest BCUT2D eigenvalue weighted by atomic mass is 35.5. The molecule has 1 saturated heterocycles. The summed E-state index contributed by atoms with van der Waals surface area (Å²) in [6, 6.07) is 8.02. The minimum Gasteiger partial charge on any atom is -0.459 e. The van der Waals surface area contributed by atoms with Crippen LogP contribution in [0.2, 0.25) is 10.0 Å². The van der Waals surface area contributed by atoms with Gasteiger partial charge in [-0.25, -0.2) is 18.2 Å². The van der Waals surface area contributed by atoms with E-state index >= 15 is 0 Å². The third kappa shape index (κ3) is 6.87. The second kappa shape index (κ2) is 11.5. The number of amides is 1. The van der Waals surface area contributed by atoms with Crippen LogP contribution >= 0.6 is 23.2 Å². The SMILES string of the molecule is Cc1nc(N2CCC(C(=O)NS(=O)(=O)Cc3ccc(Cl)c(Cl)c3)CC2)c(C#N)cc1C(=O)OC(C)C. The first-order chi connectivity index (χ1) is 16.9. The van der Waals surface area contributed by atoms with Gasteiger partial charge in [-0.2, -0.15) is 5.26 Å². The van der Waals surface area contributed by atoms with Crippen LogP contribution < -0.4 is 9.62 Å². The Hall–Kier alpha value is -2.87. The van der Waals surface area contributed by atoms with Gasteiger partial charge in [0.05, 0.1) is 38.7 Å². The fourth-order valence-electron chi connectivity index (χ4n) is 3.88. The molecule has 0 radical (unpaired) electrons. The van der Waals surface area contributed by atoms with Crippen LogP contribution in [0.4, 0.5) is 5.82 Å². The van der Waals surface area contributed by atoms with Gasteiger partial charge in [-0.05, 0) is 57.4 Å². The summed E-state index contributed by atoms with van der Waals surface area (Å²) in [6.07, 6.45) is 0.438. The maximum absolute atomic E-state index is 12.7. The average molecular weight is 553 g/mol. The minimum atomic E-state index is -3.93. The lowest BCUT2D eigenvalue weighted by atomic mass is 9.96. The summed E-state index contributed by atoms with van der Waals surface area (Å²) in [5.74, 6) is -1.63. The molecule has 0 saturated carbocycles. The number of nitrogens with zero attached hydrogens (tertiary/aromatic N) is 3. The number of piperidine rings is 1. The van der Waals surface area contributed by atoms with Crippen molar-refractivity contribution in [1.29, 1.82) is 5.26 Å². The number of nitriles is 1. The molecule has 2 aromatic rings. The number of benzene rings is 1. The van der Waals surface area contributed by atoms with Crippen LogP contribution in [0.15, 0.2) is 24.3 Å². The van der Waals surface area contributed by atoms with Crippen molar-refractivity contribution in [2.24, 2.45) is 5.92 Å². The highest BCUT2D eigenvalue weighted by Crippen LogP contribution is 2.27. The van der Waals surface area contributed by atoms with Crippen molar-refractivity contribution in [3.8, 4) is 6.07 Å². The van der Waals surface area contributed by atoms with Crippen LogP contribution in [0.25, 0.3) is 0 Å². The lowest BCUT2D eigenvalue weighted by Gasteiger charge is -2.32. The first-order valence-electron chi connectivity index (χ1n) is 11.3. The van der Waals surface area contributed by atoms with Gasteiger partial charge < -0.3 is 9.64 Å². The molecule has 3 rings (SSSR count). The van der Waals surface area contributed by atoms with Gasteiger partial charge >= 0.3 is 5.97 Å². The van der Waals surface area contributed by atoms with Crippen molar-refractivity contribution in [2.75, 3.05) is 18.0 Å². The molecular formula is C24H26Cl2N4O5S. The molecule has 0 atom stereocenters. The van der Waals surface area contributed by atoms with Gasteiger partial charge in [-0.15, -0.1) is 0 Å². The Morgan fingerprint density at radius 3 is 2.47 bits per heavy atom. The molecule has 0 spiro atoms. The number of halogens is 2. The van der Waals surface area contributed by atoms with Gasteiger partial charge in [0.25, 0.3) is 0 Å². The molecule has 1 aromatic carbocycles. The van der Waals surface area contributed by atoms with E-state index in [-0.39, 0.29) is 22.3 Å². The quantitative estimate of drug-likeness (QED) is 0.510. The van der Waals surface area contributed by atoms with Crippen molar-refractivity contribution in [2.45, 2.75) is 45.5 Å². The summed E-state index contributed by atoms with van der Waals surface area (Å²) in [5.41, 5.74) is 1.29. The third-order valence-electron chi connectivity index (χ3n) is 5.64. The van der Waals surface area contributed by atoms with Gasteiger partial charge in [0.1, 0.15) is 11.9 Å². The van der Waals surface area contributed by atoms with Crippen molar-refractivity contribution >= 4 is 50.9 Å². The number of sulfonamides is 1. The Bertz CT molecular complexity index is 1320. The van der Waals surface area contributed by atoms with Crippen LogP contribution in [-0.2, 0) is 25.3 Å². The minimum absolute atomic E-state index is 0.225. The summed E-state index contributed by atoms with van der Waals surface area (Å²) < 4.78 is 32.4. The molecule has 1 aliphatic rings. The molecule has 1 aliphatic heterocycles. The Kier molecular flexibility index (Phi) is 8.82. The van der Waals surface area contributed by atoms with E-state index in [0.717, 1.165) is 0 Å². The Morgan fingerprint density at radius 1 is 1.22 bits per heavy atom. The Morgan fingerprint density at radius 2 is 1.89 bits per heavy atom. The number of nitrogens with one attached hydrogen (secondary N) is 1. The molecule has 0 bridgehead atoms. The molecule has 0 aliphatic carbocycles. The predicted molar refractivity (Wildman–Crippen MR) is 136 cm³/mol. The van der Waals surface area contributed by atoms with Crippen molar-refractivity contribution in [1.82, 2.24) is 9.71 Å². The third-order valence-corrected chi connectivity index (χ3v) is 7.60. The van der Waals surface area contributed by atoms with E-state index in [2.05, 4.69) is 15.8 Å². The predicted octanol–water partition coefficient (Wildman–Crippen LogP) is 4.00. The van der Waals surface area contributed by atoms with Gasteiger partial charge in [0, 0.05) is 19.0 Å². The number of ether oxygens (including phenoxy) is 1. The van der Waals surface area contributed by atoms with Gasteiger partial charge in [0.2, 0.25) is 15.9 Å². The molecule has 2 heterocycles. The number of hydrogen-bond acceptors (Lipinski definition) is 8. The number of anilines is 1. The monoisotopic (exact) mass is 552 g/mol. The molecular weight excluding hydrogens is 527 g/mol. The van der Waals surface area contributed by atoms with Crippen LogP contribution in [0.1, 0.15) is 53.9 Å². The normalized spacial score (nSPS) is 14.4.